The normalized spacial score (nSPS) is 15.5. The van der Waals surface area contributed by atoms with Gasteiger partial charge in [-0.25, -0.2) is 0 Å². The maximum absolute atomic E-state index is 2.49. The number of anilines is 2. The van der Waals surface area contributed by atoms with Crippen LogP contribution in [0.2, 0.25) is 0 Å². The fourth-order valence-electron chi connectivity index (χ4n) is 3.80. The van der Waals surface area contributed by atoms with E-state index >= 15 is 0 Å². The fraction of sp³-hybridized carbons (Fsp3) is 0.182. The van der Waals surface area contributed by atoms with Gasteiger partial charge >= 0.3 is 0 Å². The lowest BCUT2D eigenvalue weighted by molar-refractivity contribution is 0.343. The molecule has 0 saturated carbocycles. The molecular weight excluding hydrogens is 324 g/mol. The lowest BCUT2D eigenvalue weighted by Crippen LogP contribution is -2.26. The van der Waals surface area contributed by atoms with E-state index in [1.54, 1.807) is 0 Å². The van der Waals surface area contributed by atoms with Crippen molar-refractivity contribution >= 4 is 43.6 Å². The summed E-state index contributed by atoms with van der Waals surface area (Å²) in [4.78, 5) is 4.90. The van der Waals surface area contributed by atoms with Gasteiger partial charge in [0.05, 0.1) is 0 Å². The summed E-state index contributed by atoms with van der Waals surface area (Å²) in [6.07, 6.45) is 0. The maximum Gasteiger partial charge on any atom is 0.0463 e. The van der Waals surface area contributed by atoms with E-state index in [-0.39, 0.29) is 0 Å². The van der Waals surface area contributed by atoms with E-state index in [1.165, 1.54) is 37.8 Å². The molecule has 0 saturated heterocycles. The van der Waals surface area contributed by atoms with Crippen molar-refractivity contribution in [1.82, 2.24) is 4.90 Å². The van der Waals surface area contributed by atoms with Gasteiger partial charge in [-0.1, -0.05) is 24.3 Å². The molecule has 5 rings (SSSR count). The SMILES string of the molecule is CN1CCN(c2ccc3sccc3c2)c2cc3ccccc3cc2C1. The van der Waals surface area contributed by atoms with Gasteiger partial charge in [-0.2, -0.15) is 0 Å². The topological polar surface area (TPSA) is 6.48 Å². The fourth-order valence-corrected chi connectivity index (χ4v) is 4.58. The number of hydrogen-bond donors (Lipinski definition) is 0. The molecule has 0 fully saturated rings. The van der Waals surface area contributed by atoms with Crippen molar-refractivity contribution in [3.63, 3.8) is 0 Å². The number of thiophene rings is 1. The molecule has 0 radical (unpaired) electrons. The van der Waals surface area contributed by atoms with Gasteiger partial charge in [0.25, 0.3) is 0 Å². The molecule has 2 nitrogen and oxygen atoms in total. The Morgan fingerprint density at radius 1 is 0.840 bits per heavy atom. The van der Waals surface area contributed by atoms with Crippen LogP contribution in [0.1, 0.15) is 5.56 Å². The molecular formula is C22H20N2S. The third kappa shape index (κ3) is 2.60. The Labute approximate surface area is 151 Å². The minimum Gasteiger partial charge on any atom is -0.340 e. The van der Waals surface area contributed by atoms with E-state index in [2.05, 4.69) is 82.9 Å². The van der Waals surface area contributed by atoms with E-state index in [1.807, 2.05) is 11.3 Å². The summed E-state index contributed by atoms with van der Waals surface area (Å²) in [5.74, 6) is 0. The van der Waals surface area contributed by atoms with Gasteiger partial charge in [-0.3, -0.25) is 0 Å². The summed E-state index contributed by atoms with van der Waals surface area (Å²) in [5, 5.41) is 6.14. The smallest absolute Gasteiger partial charge is 0.0463 e. The Hall–Kier alpha value is -2.36. The van der Waals surface area contributed by atoms with Crippen LogP contribution in [0.25, 0.3) is 20.9 Å². The molecule has 1 aliphatic rings. The summed E-state index contributed by atoms with van der Waals surface area (Å²) in [6.45, 7) is 3.07. The average Bonchev–Trinajstić information content (AvgIpc) is 3.03. The standard InChI is InChI=1S/C22H20N2S/c1-23-9-10-24(20-6-7-22-18(13-20)8-11-25-22)21-14-17-5-3-2-4-16(17)12-19(21)15-23/h2-8,11-14H,9-10,15H2,1H3. The lowest BCUT2D eigenvalue weighted by Gasteiger charge is -2.25. The highest BCUT2D eigenvalue weighted by molar-refractivity contribution is 7.17. The van der Waals surface area contributed by atoms with Gasteiger partial charge in [0.15, 0.2) is 0 Å². The van der Waals surface area contributed by atoms with Crippen LogP contribution in [0, 0.1) is 0 Å². The zero-order chi connectivity index (χ0) is 16.8. The van der Waals surface area contributed by atoms with Gasteiger partial charge in [-0.15, -0.1) is 11.3 Å². The van der Waals surface area contributed by atoms with Crippen molar-refractivity contribution < 1.29 is 0 Å². The summed E-state index contributed by atoms with van der Waals surface area (Å²) >= 11 is 1.81. The average molecular weight is 344 g/mol. The zero-order valence-electron chi connectivity index (χ0n) is 14.3. The second-order valence-corrected chi connectivity index (χ2v) is 7.81. The first-order chi connectivity index (χ1) is 12.3. The van der Waals surface area contributed by atoms with Crippen LogP contribution in [0.5, 0.6) is 0 Å². The highest BCUT2D eigenvalue weighted by Crippen LogP contribution is 2.36. The van der Waals surface area contributed by atoms with Crippen molar-refractivity contribution in [3.05, 3.63) is 71.6 Å². The predicted molar refractivity (Wildman–Crippen MR) is 109 cm³/mol. The number of fused-ring (bicyclic) bond motifs is 3. The van der Waals surface area contributed by atoms with Gasteiger partial charge in [0.2, 0.25) is 0 Å². The maximum atomic E-state index is 2.49. The molecule has 0 unspecified atom stereocenters. The first kappa shape index (κ1) is 14.9. The minimum atomic E-state index is 0.997. The first-order valence-electron chi connectivity index (χ1n) is 8.73. The van der Waals surface area contributed by atoms with E-state index < -0.39 is 0 Å². The Bertz CT molecular complexity index is 1070. The van der Waals surface area contributed by atoms with Gasteiger partial charge in [-0.05, 0) is 70.5 Å². The summed E-state index contributed by atoms with van der Waals surface area (Å²) in [5.41, 5.74) is 4.04. The first-order valence-corrected chi connectivity index (χ1v) is 9.61. The molecule has 0 atom stereocenters. The lowest BCUT2D eigenvalue weighted by atomic mass is 10.0. The number of likely N-dealkylation sites (N-methyl/N-ethyl adjacent to an activating group) is 1. The van der Waals surface area contributed by atoms with E-state index in [0.717, 1.165) is 19.6 Å². The van der Waals surface area contributed by atoms with E-state index in [4.69, 9.17) is 0 Å². The molecule has 124 valence electrons. The van der Waals surface area contributed by atoms with Crippen molar-refractivity contribution in [1.29, 1.82) is 0 Å². The van der Waals surface area contributed by atoms with E-state index in [9.17, 15) is 0 Å². The number of nitrogens with zero attached hydrogens (tertiary/aromatic N) is 2. The van der Waals surface area contributed by atoms with Crippen LogP contribution in [-0.4, -0.2) is 25.0 Å². The second-order valence-electron chi connectivity index (χ2n) is 6.86. The van der Waals surface area contributed by atoms with Crippen molar-refractivity contribution in [2.45, 2.75) is 6.54 Å². The van der Waals surface area contributed by atoms with Crippen molar-refractivity contribution in [2.24, 2.45) is 0 Å². The molecule has 4 aromatic rings. The van der Waals surface area contributed by atoms with Gasteiger partial charge in [0.1, 0.15) is 0 Å². The molecule has 0 N–H and O–H groups in total. The third-order valence-electron chi connectivity index (χ3n) is 5.13. The Kier molecular flexibility index (Phi) is 3.51. The van der Waals surface area contributed by atoms with E-state index in [0.29, 0.717) is 0 Å². The quantitative estimate of drug-likeness (QED) is 0.441. The van der Waals surface area contributed by atoms with Crippen LogP contribution in [-0.2, 0) is 6.54 Å². The monoisotopic (exact) mass is 344 g/mol. The predicted octanol–water partition coefficient (Wildman–Crippen LogP) is 5.64. The number of benzene rings is 3. The van der Waals surface area contributed by atoms with Gasteiger partial charge in [0, 0.05) is 35.7 Å². The molecule has 3 aromatic carbocycles. The Morgan fingerprint density at radius 3 is 2.56 bits per heavy atom. The Balaban J connectivity index is 1.70. The summed E-state index contributed by atoms with van der Waals surface area (Å²) < 4.78 is 1.36. The highest BCUT2D eigenvalue weighted by Gasteiger charge is 2.20. The summed E-state index contributed by atoms with van der Waals surface area (Å²) in [7, 11) is 2.21. The second kappa shape index (κ2) is 5.87. The Morgan fingerprint density at radius 2 is 1.68 bits per heavy atom. The number of rotatable bonds is 1. The van der Waals surface area contributed by atoms with Crippen LogP contribution < -0.4 is 4.90 Å². The van der Waals surface area contributed by atoms with Crippen LogP contribution in [0.15, 0.2) is 66.0 Å². The minimum absolute atomic E-state index is 0.997. The van der Waals surface area contributed by atoms with Crippen LogP contribution in [0.3, 0.4) is 0 Å². The van der Waals surface area contributed by atoms with Gasteiger partial charge < -0.3 is 9.80 Å². The molecule has 1 aliphatic heterocycles. The molecule has 0 aliphatic carbocycles. The van der Waals surface area contributed by atoms with Crippen molar-refractivity contribution in [3.8, 4) is 0 Å². The summed E-state index contributed by atoms with van der Waals surface area (Å²) in [6, 6.07) is 22.5. The molecule has 3 heteroatoms. The highest BCUT2D eigenvalue weighted by atomic mass is 32.1. The third-order valence-corrected chi connectivity index (χ3v) is 6.03. The molecule has 0 bridgehead atoms. The number of hydrogen-bond acceptors (Lipinski definition) is 3. The zero-order valence-corrected chi connectivity index (χ0v) is 15.1. The molecule has 25 heavy (non-hydrogen) atoms. The van der Waals surface area contributed by atoms with Crippen LogP contribution in [0.4, 0.5) is 11.4 Å². The van der Waals surface area contributed by atoms with Crippen LogP contribution >= 0.6 is 11.3 Å². The molecule has 0 amide bonds. The molecule has 2 heterocycles. The molecule has 1 aromatic heterocycles. The van der Waals surface area contributed by atoms with Crippen molar-refractivity contribution in [2.75, 3.05) is 25.0 Å². The largest absolute Gasteiger partial charge is 0.340 e. The molecule has 0 spiro atoms.